The molecule has 0 aromatic heterocycles. The average molecular weight is 652 g/mol. The fraction of sp³-hybridized carbons (Fsp3) is 0.226. The molecule has 0 saturated carbocycles. The second-order valence-electron chi connectivity index (χ2n) is 10.8. The van der Waals surface area contributed by atoms with Crippen LogP contribution in [0.15, 0.2) is 82.6 Å². The van der Waals surface area contributed by atoms with Crippen LogP contribution in [0.2, 0.25) is 0 Å². The Hall–Kier alpha value is -4.02. The lowest BCUT2D eigenvalue weighted by Gasteiger charge is -2.16. The van der Waals surface area contributed by atoms with Crippen molar-refractivity contribution in [1.29, 1.82) is 0 Å². The van der Waals surface area contributed by atoms with E-state index < -0.39 is 10.1 Å². The van der Waals surface area contributed by atoms with Gasteiger partial charge in [0.25, 0.3) is 16.0 Å². The molecule has 1 atom stereocenters. The number of ether oxygens (including phenoxy) is 1. The molecule has 2 heterocycles. The van der Waals surface area contributed by atoms with Crippen molar-refractivity contribution in [3.8, 4) is 11.1 Å². The minimum atomic E-state index is -4.48. The number of carbonyl (C=O) groups is 2. The minimum Gasteiger partial charge on any atom is -0.381 e. The van der Waals surface area contributed by atoms with Gasteiger partial charge < -0.3 is 20.3 Å². The van der Waals surface area contributed by atoms with Gasteiger partial charge in [-0.2, -0.15) is 8.42 Å². The maximum absolute atomic E-state index is 13.1. The van der Waals surface area contributed by atoms with E-state index in [2.05, 4.69) is 20.0 Å². The van der Waals surface area contributed by atoms with Gasteiger partial charge in [0, 0.05) is 48.3 Å². The van der Waals surface area contributed by atoms with E-state index in [9.17, 15) is 22.6 Å². The predicted octanol–water partition coefficient (Wildman–Crippen LogP) is 5.50. The van der Waals surface area contributed by atoms with Gasteiger partial charge in [0.2, 0.25) is 0 Å². The van der Waals surface area contributed by atoms with Gasteiger partial charge in [0.15, 0.2) is 0 Å². The number of fused-ring (bicyclic) bond motifs is 2. The third-order valence-electron chi connectivity index (χ3n) is 7.86. The zero-order valence-corrected chi connectivity index (χ0v) is 25.4. The Kier molecular flexibility index (Phi) is 9.05. The molecule has 0 radical (unpaired) electrons. The van der Waals surface area contributed by atoms with E-state index in [-0.39, 0.29) is 16.8 Å². The summed E-state index contributed by atoms with van der Waals surface area (Å²) in [5.74, 6) is 0.173. The topological polar surface area (TPSA) is 164 Å². The van der Waals surface area contributed by atoms with E-state index in [4.69, 9.17) is 9.99 Å². The van der Waals surface area contributed by atoms with Gasteiger partial charge in [-0.25, -0.2) is 10.1 Å². The Balaban J connectivity index is 1.13. The Morgan fingerprint density at radius 3 is 2.47 bits per heavy atom. The summed E-state index contributed by atoms with van der Waals surface area (Å²) < 4.78 is 42.9. The first-order chi connectivity index (χ1) is 21.7. The van der Waals surface area contributed by atoms with E-state index in [1.807, 2.05) is 30.3 Å². The molecular formula is C31H29N3O9S2. The number of hydrogen-bond acceptors (Lipinski definition) is 9. The lowest BCUT2D eigenvalue weighted by atomic mass is 9.98. The monoisotopic (exact) mass is 651 g/mol. The van der Waals surface area contributed by atoms with Gasteiger partial charge in [-0.1, -0.05) is 29.3 Å². The van der Waals surface area contributed by atoms with Crippen LogP contribution < -0.4 is 10.6 Å². The molecular weight excluding hydrogens is 622 g/mol. The third kappa shape index (κ3) is 7.12. The number of anilines is 1. The van der Waals surface area contributed by atoms with Crippen molar-refractivity contribution in [2.45, 2.75) is 29.3 Å². The Bertz CT molecular complexity index is 1860. The Morgan fingerprint density at radius 1 is 0.978 bits per heavy atom. The first-order valence-electron chi connectivity index (χ1n) is 14.0. The summed E-state index contributed by atoms with van der Waals surface area (Å²) in [5.41, 5.74) is 4.78. The Labute approximate surface area is 263 Å². The normalized spacial score (nSPS) is 16.1. The van der Waals surface area contributed by atoms with Crippen LogP contribution in [0.3, 0.4) is 0 Å². The van der Waals surface area contributed by atoms with E-state index in [0.717, 1.165) is 35.3 Å². The standard InChI is InChI=1S/C31H29N3O9S2/c35-30(32-15-19-9-10-41-18-19)20-5-7-26(8-6-20)33-31(36)34-16-24-4-2-21(11-25(24)17-34)22-1-3-23-12-27(45(38,39)40)14-29(28(23)13-22)44-43-42-37/h1-8,11-14,19,37H,9-10,15-18H2,(H,32,35)(H,33,36)(H,38,39,40)/t19-/m0/s1. The average Bonchev–Trinajstić information content (AvgIpc) is 3.72. The van der Waals surface area contributed by atoms with Gasteiger partial charge in [-0.05, 0) is 88.0 Å². The van der Waals surface area contributed by atoms with Gasteiger partial charge in [0.1, 0.15) is 0 Å². The molecule has 0 bridgehead atoms. The molecule has 4 aromatic rings. The number of benzene rings is 4. The molecule has 0 spiro atoms. The summed E-state index contributed by atoms with van der Waals surface area (Å²) in [4.78, 5) is 27.2. The highest BCUT2D eigenvalue weighted by Crippen LogP contribution is 2.36. The van der Waals surface area contributed by atoms with Gasteiger partial charge in [-0.3, -0.25) is 9.35 Å². The Morgan fingerprint density at radius 2 is 1.73 bits per heavy atom. The quantitative estimate of drug-likeness (QED) is 0.0787. The summed E-state index contributed by atoms with van der Waals surface area (Å²) >= 11 is 0.594. The molecule has 3 amide bonds. The van der Waals surface area contributed by atoms with Crippen LogP contribution in [0.5, 0.6) is 0 Å². The fourth-order valence-electron chi connectivity index (χ4n) is 5.46. The van der Waals surface area contributed by atoms with Crippen molar-refractivity contribution in [2.24, 2.45) is 5.92 Å². The summed E-state index contributed by atoms with van der Waals surface area (Å²) in [7, 11) is -4.48. The number of carbonyl (C=O) groups excluding carboxylic acids is 2. The zero-order valence-electron chi connectivity index (χ0n) is 23.8. The van der Waals surface area contributed by atoms with Crippen molar-refractivity contribution in [3.63, 3.8) is 0 Å². The molecule has 4 N–H and O–H groups in total. The molecule has 2 aliphatic heterocycles. The molecule has 0 unspecified atom stereocenters. The second kappa shape index (κ2) is 13.1. The smallest absolute Gasteiger partial charge is 0.322 e. The van der Waals surface area contributed by atoms with Crippen LogP contribution >= 0.6 is 12.0 Å². The van der Waals surface area contributed by atoms with Crippen LogP contribution in [0, 0.1) is 5.92 Å². The van der Waals surface area contributed by atoms with E-state index >= 15 is 0 Å². The maximum Gasteiger partial charge on any atom is 0.322 e. The molecule has 14 heteroatoms. The minimum absolute atomic E-state index is 0.165. The van der Waals surface area contributed by atoms with Gasteiger partial charge in [-0.15, -0.1) is 4.33 Å². The molecule has 234 valence electrons. The summed E-state index contributed by atoms with van der Waals surface area (Å²) in [5, 5.41) is 19.3. The molecule has 4 aromatic carbocycles. The highest BCUT2D eigenvalue weighted by molar-refractivity contribution is 7.94. The van der Waals surface area contributed by atoms with E-state index in [1.54, 1.807) is 35.2 Å². The van der Waals surface area contributed by atoms with Crippen molar-refractivity contribution >= 4 is 50.6 Å². The van der Waals surface area contributed by atoms with Crippen LogP contribution in [0.4, 0.5) is 10.5 Å². The van der Waals surface area contributed by atoms with E-state index in [0.29, 0.717) is 71.1 Å². The molecule has 0 aliphatic carbocycles. The van der Waals surface area contributed by atoms with Crippen LogP contribution in [-0.2, 0) is 37.3 Å². The van der Waals surface area contributed by atoms with Crippen molar-refractivity contribution < 1.29 is 41.9 Å². The summed E-state index contributed by atoms with van der Waals surface area (Å²) in [6, 6.07) is 20.4. The van der Waals surface area contributed by atoms with Crippen LogP contribution in [0.25, 0.3) is 21.9 Å². The lowest BCUT2D eigenvalue weighted by Crippen LogP contribution is -2.30. The largest absolute Gasteiger partial charge is 0.381 e. The highest BCUT2D eigenvalue weighted by atomic mass is 32.2. The van der Waals surface area contributed by atoms with Crippen LogP contribution in [-0.4, -0.2) is 54.8 Å². The molecule has 2 aliphatic rings. The maximum atomic E-state index is 13.1. The van der Waals surface area contributed by atoms with Gasteiger partial charge >= 0.3 is 6.03 Å². The molecule has 1 saturated heterocycles. The number of nitrogens with one attached hydrogen (secondary N) is 2. The fourth-order valence-corrected chi connectivity index (χ4v) is 6.62. The number of amides is 3. The second-order valence-corrected chi connectivity index (χ2v) is 13.0. The SMILES string of the molecule is O=C(NC[C@@H]1CCOC1)c1ccc(NC(=O)N2Cc3ccc(-c4ccc5cc(S(=O)(=O)O)cc(SOOO)c5c4)cc3C2)cc1. The highest BCUT2D eigenvalue weighted by Gasteiger charge is 2.24. The van der Waals surface area contributed by atoms with Crippen molar-refractivity contribution in [2.75, 3.05) is 25.1 Å². The zero-order chi connectivity index (χ0) is 31.6. The third-order valence-corrected chi connectivity index (χ3v) is 9.34. The lowest BCUT2D eigenvalue weighted by molar-refractivity contribution is -0.432. The van der Waals surface area contributed by atoms with Gasteiger partial charge in [0.05, 0.1) is 23.5 Å². The molecule has 12 nitrogen and oxygen atoms in total. The van der Waals surface area contributed by atoms with Crippen molar-refractivity contribution in [3.05, 3.63) is 89.5 Å². The molecule has 45 heavy (non-hydrogen) atoms. The summed E-state index contributed by atoms with van der Waals surface area (Å²) in [6.45, 7) is 2.79. The number of hydrogen-bond donors (Lipinski definition) is 4. The van der Waals surface area contributed by atoms with E-state index in [1.165, 1.54) is 12.1 Å². The number of urea groups is 1. The summed E-state index contributed by atoms with van der Waals surface area (Å²) in [6.07, 6.45) is 0.942. The number of rotatable bonds is 9. The van der Waals surface area contributed by atoms with Crippen LogP contribution in [0.1, 0.15) is 27.9 Å². The number of nitrogens with zero attached hydrogens (tertiary/aromatic N) is 1. The first kappa shape index (κ1) is 31.0. The first-order valence-corrected chi connectivity index (χ1v) is 16.2. The molecule has 6 rings (SSSR count). The predicted molar refractivity (Wildman–Crippen MR) is 166 cm³/mol. The molecule has 1 fully saturated rings. The van der Waals surface area contributed by atoms with Crippen molar-refractivity contribution in [1.82, 2.24) is 10.2 Å².